The molecule has 1 fully saturated rings. The number of nitrogens with one attached hydrogen (secondary N) is 2. The number of hydrogen-bond donors (Lipinski definition) is 5. The van der Waals surface area contributed by atoms with Crippen LogP contribution < -0.4 is 5.32 Å². The van der Waals surface area contributed by atoms with Crippen molar-refractivity contribution in [1.29, 1.82) is 5.41 Å². The predicted molar refractivity (Wildman–Crippen MR) is 71.8 cm³/mol. The predicted octanol–water partition coefficient (Wildman–Crippen LogP) is -2.29. The molecule has 2 aliphatic rings. The molecule has 0 spiro atoms. The number of hydrogen-bond acceptors (Lipinski definition) is 8. The van der Waals surface area contributed by atoms with E-state index in [0.717, 1.165) is 0 Å². The van der Waals surface area contributed by atoms with E-state index in [1.165, 1.54) is 12.7 Å². The van der Waals surface area contributed by atoms with Crippen molar-refractivity contribution in [3.05, 3.63) is 0 Å². The highest BCUT2D eigenvalue weighted by Gasteiger charge is 2.44. The second-order valence-electron chi connectivity index (χ2n) is 4.69. The Bertz CT molecular complexity index is 416. The maximum atomic E-state index is 9.97. The van der Waals surface area contributed by atoms with Gasteiger partial charge in [0, 0.05) is 0 Å². The van der Waals surface area contributed by atoms with Gasteiger partial charge in [-0.05, 0) is 6.92 Å². The maximum Gasteiger partial charge on any atom is 0.161 e. The topological polar surface area (TPSA) is 134 Å². The van der Waals surface area contributed by atoms with Gasteiger partial charge in [0.05, 0.1) is 26.0 Å². The van der Waals surface area contributed by atoms with Crippen molar-refractivity contribution in [2.45, 2.75) is 37.5 Å². The first-order valence-electron chi connectivity index (χ1n) is 6.30. The Morgan fingerprint density at radius 2 is 2.25 bits per heavy atom. The van der Waals surface area contributed by atoms with Crippen molar-refractivity contribution in [2.75, 3.05) is 13.3 Å². The second kappa shape index (κ2) is 6.27. The summed E-state index contributed by atoms with van der Waals surface area (Å²) in [6.07, 6.45) is -1.15. The molecule has 1 saturated heterocycles. The Morgan fingerprint density at radius 1 is 1.50 bits per heavy atom. The zero-order valence-corrected chi connectivity index (χ0v) is 11.0. The van der Waals surface area contributed by atoms with Gasteiger partial charge in [-0.25, -0.2) is 4.99 Å². The smallest absolute Gasteiger partial charge is 0.161 e. The monoisotopic (exact) mass is 285 g/mol. The Morgan fingerprint density at radius 3 is 2.90 bits per heavy atom. The van der Waals surface area contributed by atoms with Gasteiger partial charge in [0.25, 0.3) is 0 Å². The lowest BCUT2D eigenvalue weighted by atomic mass is 10.1. The molecular weight excluding hydrogens is 266 g/mol. The van der Waals surface area contributed by atoms with E-state index in [2.05, 4.69) is 15.3 Å². The highest BCUT2D eigenvalue weighted by atomic mass is 16.6. The number of aliphatic imine (C=N–C) groups is 2. The standard InChI is InChI=1S/C11H19N5O4/c1-6-10(12)14-3-13-4-16(5-15-6)11-9(19)8(18)7(2-17)20-11/h3,5-9,11,17-19H,2,4H2,1H3,(H2,12,13,14). The van der Waals surface area contributed by atoms with Gasteiger partial charge in [-0.3, -0.25) is 10.4 Å². The van der Waals surface area contributed by atoms with E-state index >= 15 is 0 Å². The molecule has 0 aromatic heterocycles. The molecule has 0 bridgehead atoms. The van der Waals surface area contributed by atoms with Crippen molar-refractivity contribution in [3.8, 4) is 0 Å². The van der Waals surface area contributed by atoms with Crippen LogP contribution in [0.2, 0.25) is 0 Å². The molecule has 0 aromatic rings. The molecule has 0 aromatic carbocycles. The van der Waals surface area contributed by atoms with E-state index in [9.17, 15) is 10.2 Å². The summed E-state index contributed by atoms with van der Waals surface area (Å²) in [4.78, 5) is 9.56. The molecule has 5 unspecified atom stereocenters. The van der Waals surface area contributed by atoms with Gasteiger partial charge >= 0.3 is 0 Å². The fourth-order valence-electron chi connectivity index (χ4n) is 1.98. The number of rotatable bonds is 2. The molecule has 112 valence electrons. The van der Waals surface area contributed by atoms with E-state index in [-0.39, 0.29) is 19.1 Å². The van der Waals surface area contributed by atoms with E-state index in [1.807, 2.05) is 0 Å². The molecule has 0 radical (unpaired) electrons. The normalized spacial score (nSPS) is 38.3. The molecular formula is C11H19N5O4. The molecule has 0 amide bonds. The summed E-state index contributed by atoms with van der Waals surface area (Å²) in [6, 6.07) is -0.425. The summed E-state index contributed by atoms with van der Waals surface area (Å²) in [6.45, 7) is 1.58. The third-order valence-electron chi connectivity index (χ3n) is 3.25. The number of aliphatic hydroxyl groups is 3. The van der Waals surface area contributed by atoms with Crippen LogP contribution in [0.5, 0.6) is 0 Å². The molecule has 0 saturated carbocycles. The lowest BCUT2D eigenvalue weighted by Crippen LogP contribution is -2.47. The summed E-state index contributed by atoms with van der Waals surface area (Å²) in [5.41, 5.74) is 0. The molecule has 5 N–H and O–H groups in total. The average Bonchev–Trinajstić information content (AvgIpc) is 2.76. The Kier molecular flexibility index (Phi) is 4.65. The van der Waals surface area contributed by atoms with Crippen LogP contribution in [0.3, 0.4) is 0 Å². The van der Waals surface area contributed by atoms with Crippen LogP contribution in [0.25, 0.3) is 0 Å². The van der Waals surface area contributed by atoms with Gasteiger partial charge in [-0.2, -0.15) is 0 Å². The molecule has 2 aliphatic heterocycles. The van der Waals surface area contributed by atoms with Gasteiger partial charge in [-0.15, -0.1) is 0 Å². The summed E-state index contributed by atoms with van der Waals surface area (Å²) < 4.78 is 5.42. The van der Waals surface area contributed by atoms with Crippen LogP contribution in [0.4, 0.5) is 0 Å². The molecule has 2 heterocycles. The lowest BCUT2D eigenvalue weighted by Gasteiger charge is -2.28. The van der Waals surface area contributed by atoms with Crippen LogP contribution in [-0.2, 0) is 4.74 Å². The molecule has 20 heavy (non-hydrogen) atoms. The highest BCUT2D eigenvalue weighted by molar-refractivity contribution is 5.91. The van der Waals surface area contributed by atoms with Gasteiger partial charge in [0.15, 0.2) is 6.23 Å². The van der Waals surface area contributed by atoms with Gasteiger partial charge < -0.3 is 30.3 Å². The number of ether oxygens (including phenoxy) is 1. The molecule has 9 nitrogen and oxygen atoms in total. The van der Waals surface area contributed by atoms with Crippen LogP contribution in [-0.4, -0.2) is 82.6 Å². The van der Waals surface area contributed by atoms with Crippen molar-refractivity contribution in [1.82, 2.24) is 10.2 Å². The van der Waals surface area contributed by atoms with Gasteiger partial charge in [0.1, 0.15) is 30.2 Å². The summed E-state index contributed by atoms with van der Waals surface area (Å²) in [7, 11) is 0. The van der Waals surface area contributed by atoms with Crippen LogP contribution in [0, 0.1) is 5.41 Å². The Labute approximate surface area is 116 Å². The van der Waals surface area contributed by atoms with Crippen molar-refractivity contribution in [3.63, 3.8) is 0 Å². The van der Waals surface area contributed by atoms with E-state index in [4.69, 9.17) is 15.3 Å². The van der Waals surface area contributed by atoms with Crippen LogP contribution >= 0.6 is 0 Å². The minimum Gasteiger partial charge on any atom is -0.394 e. The number of aliphatic hydroxyl groups excluding tert-OH is 3. The first-order chi connectivity index (χ1) is 9.54. The van der Waals surface area contributed by atoms with Crippen LogP contribution in [0.15, 0.2) is 9.98 Å². The first kappa shape index (κ1) is 14.9. The fraction of sp³-hybridized carbons (Fsp3) is 0.727. The molecule has 9 heteroatoms. The fourth-order valence-corrected chi connectivity index (χ4v) is 1.98. The van der Waals surface area contributed by atoms with Crippen molar-refractivity contribution < 1.29 is 20.1 Å². The van der Waals surface area contributed by atoms with Gasteiger partial charge in [-0.1, -0.05) is 0 Å². The summed E-state index contributed by atoms with van der Waals surface area (Å²) in [5.74, 6) is 0.108. The Hall–Kier alpha value is -1.55. The zero-order valence-electron chi connectivity index (χ0n) is 11.0. The third kappa shape index (κ3) is 2.96. The highest BCUT2D eigenvalue weighted by Crippen LogP contribution is 2.23. The number of amidine groups is 1. The third-order valence-corrected chi connectivity index (χ3v) is 3.25. The largest absolute Gasteiger partial charge is 0.394 e. The quantitative estimate of drug-likeness (QED) is 0.388. The maximum absolute atomic E-state index is 9.97. The van der Waals surface area contributed by atoms with Gasteiger partial charge in [0.2, 0.25) is 0 Å². The zero-order chi connectivity index (χ0) is 14.7. The van der Waals surface area contributed by atoms with Crippen molar-refractivity contribution >= 4 is 18.5 Å². The first-order valence-corrected chi connectivity index (χ1v) is 6.30. The molecule has 5 atom stereocenters. The van der Waals surface area contributed by atoms with Crippen molar-refractivity contribution in [2.24, 2.45) is 9.98 Å². The minimum atomic E-state index is -1.16. The minimum absolute atomic E-state index is 0.108. The lowest BCUT2D eigenvalue weighted by molar-refractivity contribution is -0.0704. The summed E-state index contributed by atoms with van der Waals surface area (Å²) >= 11 is 0. The Balaban J connectivity index is 2.13. The second-order valence-corrected chi connectivity index (χ2v) is 4.69. The number of nitrogens with zero attached hydrogens (tertiary/aromatic N) is 3. The molecule has 0 aliphatic carbocycles. The summed E-state index contributed by atoms with van der Waals surface area (Å²) in [5, 5.41) is 39.2. The average molecular weight is 285 g/mol. The van der Waals surface area contributed by atoms with E-state index in [1.54, 1.807) is 11.8 Å². The van der Waals surface area contributed by atoms with E-state index < -0.39 is 30.6 Å². The van der Waals surface area contributed by atoms with Crippen LogP contribution in [0.1, 0.15) is 6.92 Å². The SMILES string of the molecule is CC1N=CN(C2OC(CO)C(O)C2O)CNC=NC1=N. The van der Waals surface area contributed by atoms with E-state index in [0.29, 0.717) is 0 Å². The molecule has 2 rings (SSSR count).